The molecule has 0 saturated heterocycles. The molecule has 3 heterocycles. The van der Waals surface area contributed by atoms with Gasteiger partial charge in [-0.15, -0.1) is 11.3 Å². The minimum atomic E-state index is -0.943. The molecule has 35 heavy (non-hydrogen) atoms. The van der Waals surface area contributed by atoms with Gasteiger partial charge in [-0.1, -0.05) is 34.4 Å². The molecule has 0 atom stereocenters. The second-order valence-electron chi connectivity index (χ2n) is 10.9. The number of hydrogen-bond acceptors (Lipinski definition) is 5. The highest BCUT2D eigenvalue weighted by Crippen LogP contribution is 2.37. The molecule has 1 aromatic heterocycles. The molecule has 2 aliphatic rings. The van der Waals surface area contributed by atoms with E-state index in [9.17, 15) is 20.8 Å². The van der Waals surface area contributed by atoms with E-state index in [1.807, 2.05) is 24.3 Å². The Kier molecular flexibility index (Phi) is 5.42. The van der Waals surface area contributed by atoms with Crippen LogP contribution in [0.15, 0.2) is 24.3 Å². The summed E-state index contributed by atoms with van der Waals surface area (Å²) >= 11 is 1.29. The van der Waals surface area contributed by atoms with Gasteiger partial charge in [0, 0.05) is 33.0 Å². The first-order valence-corrected chi connectivity index (χ1v) is 12.1. The van der Waals surface area contributed by atoms with Gasteiger partial charge in [-0.2, -0.15) is 0 Å². The lowest BCUT2D eigenvalue weighted by molar-refractivity contribution is -0.539. The van der Waals surface area contributed by atoms with Crippen LogP contribution >= 0.6 is 11.3 Å². The van der Waals surface area contributed by atoms with Crippen LogP contribution in [0.2, 0.25) is 0 Å². The van der Waals surface area contributed by atoms with E-state index < -0.39 is 22.2 Å². The Morgan fingerprint density at radius 1 is 0.686 bits per heavy atom. The first-order valence-electron chi connectivity index (χ1n) is 11.3. The normalized spacial score (nSPS) is 21.8. The van der Waals surface area contributed by atoms with Crippen molar-refractivity contribution < 1.29 is 19.9 Å². The van der Waals surface area contributed by atoms with Gasteiger partial charge < -0.3 is 10.4 Å². The van der Waals surface area contributed by atoms with Crippen molar-refractivity contribution in [2.24, 2.45) is 0 Å². The van der Waals surface area contributed by atoms with Crippen LogP contribution in [0, 0.1) is 34.1 Å². The molecule has 0 N–H and O–H groups in total. The molecule has 0 bridgehead atoms. The molecule has 2 radical (unpaired) electrons. The highest BCUT2D eigenvalue weighted by atomic mass is 32.1. The van der Waals surface area contributed by atoms with E-state index in [4.69, 9.17) is 0 Å². The molecule has 8 nitrogen and oxygen atoms in total. The third-order valence-corrected chi connectivity index (χ3v) is 9.04. The van der Waals surface area contributed by atoms with Crippen LogP contribution in [0.25, 0.3) is 10.8 Å². The Morgan fingerprint density at radius 2 is 1.03 bits per heavy atom. The number of amidine groups is 2. The highest BCUT2D eigenvalue weighted by Gasteiger charge is 2.60. The smallest absolute Gasteiger partial charge is 0.363 e. The Balaban J connectivity index is 1.79. The average molecular weight is 493 g/mol. The summed E-state index contributed by atoms with van der Waals surface area (Å²) in [6, 6.07) is 7.49. The maximum atomic E-state index is 12.8. The lowest BCUT2D eigenvalue weighted by Gasteiger charge is -2.32. The molecule has 1 aromatic carbocycles. The Hall–Kier alpha value is -3.24. The molecule has 0 aliphatic carbocycles. The number of rotatable bonds is 0. The van der Waals surface area contributed by atoms with E-state index in [1.165, 1.54) is 11.3 Å². The Labute approximate surface area is 209 Å². The molecule has 4 rings (SSSR count). The molecule has 2 aromatic rings. The summed E-state index contributed by atoms with van der Waals surface area (Å²) in [4.78, 5) is 1.27. The monoisotopic (exact) mass is 492 g/mol. The Bertz CT molecular complexity index is 1320. The highest BCUT2D eigenvalue weighted by molar-refractivity contribution is 7.15. The summed E-state index contributed by atoms with van der Waals surface area (Å²) in [7, 11) is 0. The standard InChI is InChI=1S/C26H28N4O4S/c1-23(2)24(3,4)28(32)21(27(23)31)15-13-19-17-11-9-10-12-18(17)20(35-19)14-16-22-29(33)25(5,6)26(7,8)30(22)34/h9-12H,1-8H3. The summed E-state index contributed by atoms with van der Waals surface area (Å²) in [6.07, 6.45) is 0. The fraction of sp³-hybridized carbons (Fsp3) is 0.462. The molecule has 0 fully saturated rings. The summed E-state index contributed by atoms with van der Waals surface area (Å²) in [5.41, 5.74) is -3.77. The lowest BCUT2D eigenvalue weighted by atomic mass is 9.84. The summed E-state index contributed by atoms with van der Waals surface area (Å²) < 4.78 is 1.35. The van der Waals surface area contributed by atoms with Crippen molar-refractivity contribution in [3.05, 3.63) is 44.4 Å². The molecule has 0 saturated carbocycles. The van der Waals surface area contributed by atoms with E-state index >= 15 is 0 Å². The van der Waals surface area contributed by atoms with Gasteiger partial charge in [0.2, 0.25) is 0 Å². The molecule has 0 unspecified atom stereocenters. The maximum Gasteiger partial charge on any atom is 0.363 e. The number of hydrogen-bond donors (Lipinski definition) is 0. The summed E-state index contributed by atoms with van der Waals surface area (Å²) in [5.74, 6) is 11.3. The maximum absolute atomic E-state index is 12.8. The van der Waals surface area contributed by atoms with Gasteiger partial charge in [0.05, 0.1) is 9.75 Å². The van der Waals surface area contributed by atoms with E-state index in [0.29, 0.717) is 29.4 Å². The molecule has 2 aliphatic heterocycles. The SMILES string of the molecule is CC1(C)N([O])C(C#Cc2sc(C#CC3=[N+]([O-])C(C)(C)C(C)(C)N3[O])c3ccccc23)=[N+]([O-])C1(C)C. The van der Waals surface area contributed by atoms with Crippen molar-refractivity contribution in [3.63, 3.8) is 0 Å². The van der Waals surface area contributed by atoms with E-state index in [1.54, 1.807) is 55.4 Å². The van der Waals surface area contributed by atoms with Gasteiger partial charge in [0.25, 0.3) is 0 Å². The van der Waals surface area contributed by atoms with Crippen molar-refractivity contribution in [3.8, 4) is 23.7 Å². The largest absolute Gasteiger partial charge is 0.714 e. The Morgan fingerprint density at radius 3 is 1.31 bits per heavy atom. The predicted molar refractivity (Wildman–Crippen MR) is 134 cm³/mol. The van der Waals surface area contributed by atoms with Gasteiger partial charge in [-0.3, -0.25) is 0 Å². The minimum Gasteiger partial charge on any atom is -0.714 e. The number of hydroxylamine groups is 6. The van der Waals surface area contributed by atoms with E-state index in [0.717, 1.165) is 10.8 Å². The van der Waals surface area contributed by atoms with Crippen molar-refractivity contribution >= 4 is 33.8 Å². The van der Waals surface area contributed by atoms with Crippen LogP contribution in [0.5, 0.6) is 0 Å². The molecular formula is C26H28N4O4S. The predicted octanol–water partition coefficient (Wildman–Crippen LogP) is 3.86. The van der Waals surface area contributed by atoms with Gasteiger partial charge in [0.1, 0.15) is 11.1 Å². The van der Waals surface area contributed by atoms with Gasteiger partial charge in [-0.25, -0.2) is 9.48 Å². The molecule has 0 spiro atoms. The fourth-order valence-corrected chi connectivity index (χ4v) is 4.91. The topological polar surface area (TPSA) is 98.4 Å². The van der Waals surface area contributed by atoms with Crippen molar-refractivity contribution in [2.45, 2.75) is 77.5 Å². The zero-order valence-corrected chi connectivity index (χ0v) is 22.0. The average Bonchev–Trinajstić information content (AvgIpc) is 3.24. The number of benzene rings is 1. The second kappa shape index (κ2) is 7.63. The molecule has 0 amide bonds. The van der Waals surface area contributed by atoms with Crippen LogP contribution in [0.3, 0.4) is 0 Å². The quantitative estimate of drug-likeness (QED) is 0.317. The zero-order valence-electron chi connectivity index (χ0n) is 21.1. The molecule has 9 heteroatoms. The van der Waals surface area contributed by atoms with Crippen LogP contribution in [-0.2, 0) is 10.4 Å². The summed E-state index contributed by atoms with van der Waals surface area (Å²) in [6.45, 7) is 13.7. The first kappa shape index (κ1) is 24.9. The molecule has 182 valence electrons. The third-order valence-electron chi connectivity index (χ3n) is 7.99. The lowest BCUT2D eigenvalue weighted by Crippen LogP contribution is -2.53. The minimum absolute atomic E-state index is 0.139. The van der Waals surface area contributed by atoms with E-state index in [2.05, 4.69) is 23.7 Å². The van der Waals surface area contributed by atoms with Crippen LogP contribution in [0.1, 0.15) is 65.1 Å². The molecular weight excluding hydrogens is 464 g/mol. The van der Waals surface area contributed by atoms with Crippen molar-refractivity contribution in [1.82, 2.24) is 10.1 Å². The van der Waals surface area contributed by atoms with E-state index in [-0.39, 0.29) is 11.7 Å². The van der Waals surface area contributed by atoms with Gasteiger partial charge >= 0.3 is 11.7 Å². The first-order chi connectivity index (χ1) is 16.1. The second-order valence-corrected chi connectivity index (χ2v) is 11.9. The fourth-order valence-electron chi connectivity index (χ4n) is 3.92. The number of fused-ring (bicyclic) bond motifs is 1. The van der Waals surface area contributed by atoms with Crippen LogP contribution < -0.4 is 0 Å². The third kappa shape index (κ3) is 3.30. The van der Waals surface area contributed by atoms with Gasteiger partial charge in [0.15, 0.2) is 11.1 Å². The number of nitrogens with zero attached hydrogens (tertiary/aromatic N) is 4. The summed E-state index contributed by atoms with van der Waals surface area (Å²) in [5, 5.41) is 54.2. The van der Waals surface area contributed by atoms with Crippen molar-refractivity contribution in [2.75, 3.05) is 0 Å². The van der Waals surface area contributed by atoms with Gasteiger partial charge in [-0.05, 0) is 67.2 Å². The van der Waals surface area contributed by atoms with Crippen molar-refractivity contribution in [1.29, 1.82) is 0 Å². The van der Waals surface area contributed by atoms with Crippen LogP contribution in [-0.4, -0.2) is 53.4 Å². The van der Waals surface area contributed by atoms with Crippen LogP contribution in [0.4, 0.5) is 0 Å². The zero-order chi connectivity index (χ0) is 26.1. The number of thiophene rings is 1.